The Morgan fingerprint density at radius 3 is 2.19 bits per heavy atom. The minimum absolute atomic E-state index is 0.0280. The van der Waals surface area contributed by atoms with Gasteiger partial charge in [-0.1, -0.05) is 53.2 Å². The van der Waals surface area contributed by atoms with Gasteiger partial charge in [-0.2, -0.15) is 0 Å². The molecule has 0 bridgehead atoms. The number of ketones is 3. The van der Waals surface area contributed by atoms with Crippen LogP contribution in [-0.4, -0.2) is 30.4 Å². The number of ether oxygens (including phenoxy) is 1. The second kappa shape index (κ2) is 7.41. The summed E-state index contributed by atoms with van der Waals surface area (Å²) < 4.78 is 5.23. The summed E-state index contributed by atoms with van der Waals surface area (Å²) in [6, 6.07) is 0. The highest BCUT2D eigenvalue weighted by Crippen LogP contribution is 2.74. The first-order valence-electron chi connectivity index (χ1n) is 14.0. The van der Waals surface area contributed by atoms with Crippen LogP contribution in [0.25, 0.3) is 0 Å². The molecule has 4 saturated carbocycles. The summed E-state index contributed by atoms with van der Waals surface area (Å²) in [6.45, 7) is 15.2. The quantitative estimate of drug-likeness (QED) is 0.196. The molecule has 4 fully saturated rings. The molecule has 5 aliphatic rings. The third-order valence-corrected chi connectivity index (χ3v) is 12.6. The summed E-state index contributed by atoms with van der Waals surface area (Å²) in [5, 5.41) is 0. The first-order valence-corrected chi connectivity index (χ1v) is 14.0. The zero-order chi connectivity index (χ0) is 26.7. The molecule has 0 aromatic rings. The first-order chi connectivity index (χ1) is 16.5. The number of rotatable bonds is 1. The first kappa shape index (κ1) is 25.9. The predicted molar refractivity (Wildman–Crippen MR) is 137 cm³/mol. The maximum Gasteiger partial charge on any atom is 0.320 e. The van der Waals surface area contributed by atoms with E-state index >= 15 is 0 Å². The lowest BCUT2D eigenvalue weighted by Crippen LogP contribution is -2.70. The number of hydrogen-bond donors (Lipinski definition) is 0. The van der Waals surface area contributed by atoms with Gasteiger partial charge >= 0.3 is 5.97 Å². The molecular weight excluding hydrogens is 452 g/mol. The minimum Gasteiger partial charge on any atom is -0.468 e. The molecule has 0 unspecified atom stereocenters. The molecule has 0 amide bonds. The summed E-state index contributed by atoms with van der Waals surface area (Å²) in [6.07, 6.45) is 7.96. The van der Waals surface area contributed by atoms with Crippen LogP contribution in [0.4, 0.5) is 0 Å². The Morgan fingerprint density at radius 2 is 1.56 bits per heavy atom. The highest BCUT2D eigenvalue weighted by atomic mass is 16.5. The molecule has 198 valence electrons. The van der Waals surface area contributed by atoms with Crippen LogP contribution in [0.5, 0.6) is 0 Å². The number of esters is 1. The van der Waals surface area contributed by atoms with Crippen LogP contribution in [0.1, 0.15) is 99.8 Å². The number of carbonyl (C=O) groups excluding carboxylic acids is 4. The van der Waals surface area contributed by atoms with Crippen molar-refractivity contribution in [3.63, 3.8) is 0 Å². The van der Waals surface area contributed by atoms with Crippen molar-refractivity contribution in [3.8, 4) is 0 Å². The van der Waals surface area contributed by atoms with Gasteiger partial charge in [-0.25, -0.2) is 0 Å². The number of Topliss-reactive ketones (excluding diaryl/α,β-unsaturated/α-hetero) is 3. The van der Waals surface area contributed by atoms with E-state index in [0.29, 0.717) is 31.5 Å². The van der Waals surface area contributed by atoms with Crippen LogP contribution in [0.2, 0.25) is 0 Å². The fourth-order valence-corrected chi connectivity index (χ4v) is 10.3. The van der Waals surface area contributed by atoms with E-state index in [2.05, 4.69) is 47.6 Å². The summed E-state index contributed by atoms with van der Waals surface area (Å²) in [7, 11) is 1.33. The molecule has 0 N–H and O–H groups in total. The van der Waals surface area contributed by atoms with Crippen molar-refractivity contribution in [3.05, 3.63) is 11.6 Å². The van der Waals surface area contributed by atoms with E-state index in [9.17, 15) is 19.2 Å². The number of allylic oxidation sites excluding steroid dienone is 2. The van der Waals surface area contributed by atoms with Crippen LogP contribution >= 0.6 is 0 Å². The normalized spacial score (nSPS) is 47.1. The van der Waals surface area contributed by atoms with Gasteiger partial charge in [0.2, 0.25) is 11.6 Å². The average molecular weight is 497 g/mol. The Balaban J connectivity index is 1.69. The molecule has 0 aliphatic heterocycles. The molecule has 0 saturated heterocycles. The van der Waals surface area contributed by atoms with Crippen molar-refractivity contribution < 1.29 is 23.9 Å². The highest BCUT2D eigenvalue weighted by Gasteiger charge is 2.74. The molecule has 5 rings (SSSR count). The lowest BCUT2D eigenvalue weighted by atomic mass is 9.33. The van der Waals surface area contributed by atoms with E-state index in [0.717, 1.165) is 31.3 Å². The van der Waals surface area contributed by atoms with Crippen molar-refractivity contribution in [1.29, 1.82) is 0 Å². The molecule has 0 aromatic carbocycles. The fraction of sp³-hybridized carbons (Fsp3) is 0.806. The molecule has 36 heavy (non-hydrogen) atoms. The number of carbonyl (C=O) groups is 4. The summed E-state index contributed by atoms with van der Waals surface area (Å²) in [4.78, 5) is 54.8. The molecule has 0 aromatic heterocycles. The van der Waals surface area contributed by atoms with Crippen LogP contribution in [0.15, 0.2) is 11.6 Å². The van der Waals surface area contributed by atoms with Gasteiger partial charge in [-0.15, -0.1) is 0 Å². The molecule has 0 heterocycles. The number of fused-ring (bicyclic) bond motifs is 7. The Labute approximate surface area is 216 Å². The molecule has 5 aliphatic carbocycles. The molecular formula is C31H44O5. The van der Waals surface area contributed by atoms with Crippen molar-refractivity contribution in [2.45, 2.75) is 99.8 Å². The Bertz CT molecular complexity index is 1100. The van der Waals surface area contributed by atoms with Crippen molar-refractivity contribution in [1.82, 2.24) is 0 Å². The SMILES string of the molecule is COC(=O)[C@]12CCC(C)(C)C[C@H]1C1=CC[C@@H]3[C@@]4(C)CCC(=O)C(C)(C)[C@@H]4CC[C@@]3(C)[C@]1(C)C(=O)C2=O. The molecule has 0 spiro atoms. The van der Waals surface area contributed by atoms with Gasteiger partial charge in [-0.05, 0) is 80.0 Å². The van der Waals surface area contributed by atoms with Crippen molar-refractivity contribution in [2.75, 3.05) is 7.11 Å². The van der Waals surface area contributed by atoms with Gasteiger partial charge in [-0.3, -0.25) is 19.2 Å². The van der Waals surface area contributed by atoms with E-state index in [4.69, 9.17) is 4.74 Å². The Kier molecular flexibility index (Phi) is 5.32. The average Bonchev–Trinajstić information content (AvgIpc) is 2.80. The zero-order valence-corrected chi connectivity index (χ0v) is 23.5. The standard InChI is InChI=1S/C31H44O5/c1-26(2)15-16-31(25(35)36-8)19(17-26)18-9-10-21-28(5)13-12-22(32)27(3,4)20(28)11-14-29(21,6)30(18,7)23(33)24(31)34/h9,19-21H,10-17H2,1-8H3/t19-,20-,21+,28-,29+,30-,31+/m0/s1. The van der Waals surface area contributed by atoms with Crippen molar-refractivity contribution in [2.24, 2.45) is 50.2 Å². The van der Waals surface area contributed by atoms with Gasteiger partial charge in [0.15, 0.2) is 0 Å². The lowest BCUT2D eigenvalue weighted by molar-refractivity contribution is -0.193. The minimum atomic E-state index is -1.39. The third-order valence-electron chi connectivity index (χ3n) is 12.6. The fourth-order valence-electron chi connectivity index (χ4n) is 10.3. The Morgan fingerprint density at radius 1 is 0.889 bits per heavy atom. The maximum atomic E-state index is 14.4. The maximum absolute atomic E-state index is 14.4. The predicted octanol–water partition coefficient (Wildman–Crippen LogP) is 5.89. The molecule has 5 heteroatoms. The zero-order valence-electron chi connectivity index (χ0n) is 23.5. The van der Waals surface area contributed by atoms with E-state index in [-0.39, 0.29) is 34.0 Å². The van der Waals surface area contributed by atoms with Gasteiger partial charge in [0.05, 0.1) is 12.5 Å². The monoisotopic (exact) mass is 496 g/mol. The van der Waals surface area contributed by atoms with E-state index in [1.807, 2.05) is 6.92 Å². The summed E-state index contributed by atoms with van der Waals surface area (Å²) in [5.74, 6) is -0.957. The van der Waals surface area contributed by atoms with Crippen LogP contribution in [-0.2, 0) is 23.9 Å². The van der Waals surface area contributed by atoms with Crippen LogP contribution in [0.3, 0.4) is 0 Å². The smallest absolute Gasteiger partial charge is 0.320 e. The second-order valence-electron chi connectivity index (χ2n) is 14.8. The molecule has 0 radical (unpaired) electrons. The van der Waals surface area contributed by atoms with E-state index in [1.165, 1.54) is 7.11 Å². The van der Waals surface area contributed by atoms with Crippen LogP contribution in [0, 0.1) is 50.2 Å². The number of methoxy groups -OCH3 is 1. The topological polar surface area (TPSA) is 77.5 Å². The molecule has 5 nitrogen and oxygen atoms in total. The lowest BCUT2D eigenvalue weighted by Gasteiger charge is -2.69. The van der Waals surface area contributed by atoms with Gasteiger partial charge < -0.3 is 4.74 Å². The third kappa shape index (κ3) is 2.78. The van der Waals surface area contributed by atoms with Gasteiger partial charge in [0.1, 0.15) is 11.2 Å². The van der Waals surface area contributed by atoms with Crippen LogP contribution < -0.4 is 0 Å². The summed E-state index contributed by atoms with van der Waals surface area (Å²) >= 11 is 0. The molecule has 7 atom stereocenters. The van der Waals surface area contributed by atoms with Gasteiger partial charge in [0, 0.05) is 17.8 Å². The number of hydrogen-bond acceptors (Lipinski definition) is 5. The highest BCUT2D eigenvalue weighted by molar-refractivity contribution is 6.46. The second-order valence-corrected chi connectivity index (χ2v) is 14.8. The van der Waals surface area contributed by atoms with E-state index in [1.54, 1.807) is 0 Å². The summed E-state index contributed by atoms with van der Waals surface area (Å²) in [5.41, 5.74) is -2.22. The largest absolute Gasteiger partial charge is 0.468 e. The van der Waals surface area contributed by atoms with Crippen molar-refractivity contribution >= 4 is 23.3 Å². The Hall–Kier alpha value is -1.78. The van der Waals surface area contributed by atoms with E-state index < -0.39 is 33.8 Å². The van der Waals surface area contributed by atoms with Gasteiger partial charge in [0.25, 0.3) is 0 Å².